The van der Waals surface area contributed by atoms with Gasteiger partial charge >= 0.3 is 0 Å². The van der Waals surface area contributed by atoms with Gasteiger partial charge in [-0.25, -0.2) is 0 Å². The second kappa shape index (κ2) is 7.82. The van der Waals surface area contributed by atoms with Crippen molar-refractivity contribution in [2.45, 2.75) is 94.5 Å². The van der Waals surface area contributed by atoms with Crippen molar-refractivity contribution in [2.24, 2.45) is 5.92 Å². The third-order valence-corrected chi connectivity index (χ3v) is 8.18. The highest BCUT2D eigenvalue weighted by Crippen LogP contribution is 2.48. The summed E-state index contributed by atoms with van der Waals surface area (Å²) in [5.41, 5.74) is 3.30. The first-order valence-corrected chi connectivity index (χ1v) is 11.9. The highest BCUT2D eigenvalue weighted by atomic mass is 16.2. The zero-order chi connectivity index (χ0) is 19.0. The molecule has 156 valence electrons. The number of hydrogen-bond acceptors (Lipinski definition) is 2. The summed E-state index contributed by atoms with van der Waals surface area (Å²) in [6.07, 6.45) is 15.7. The van der Waals surface area contributed by atoms with Crippen LogP contribution in [0.5, 0.6) is 0 Å². The van der Waals surface area contributed by atoms with Crippen molar-refractivity contribution in [3.05, 3.63) is 35.4 Å². The number of hydrogen-bond donors (Lipinski definition) is 1. The lowest BCUT2D eigenvalue weighted by atomic mass is 9.63. The highest BCUT2D eigenvalue weighted by molar-refractivity contribution is 5.81. The molecular formula is C25H40N2O. The van der Waals surface area contributed by atoms with Crippen LogP contribution in [0.4, 0.5) is 0 Å². The number of piperidine rings is 1. The lowest BCUT2D eigenvalue weighted by Crippen LogP contribution is -2.49. The smallest absolute Gasteiger partial charge is 0.223 e. The number of nitrogens with zero attached hydrogens (tertiary/aromatic N) is 1. The maximum absolute atomic E-state index is 12.4. The molecule has 1 saturated heterocycles. The maximum Gasteiger partial charge on any atom is 0.223 e. The fraction of sp³-hybridized carbons (Fsp3) is 0.720. The molecule has 5 rings (SSSR count). The SMILES string of the molecule is O=C(N[C@H]1CCC2(CCN(C3CCCCCC3)CC2)c2ccccc21)C1CC1.[HH].[HH]. The fourth-order valence-electron chi connectivity index (χ4n) is 6.24. The average Bonchev–Trinajstić information content (AvgIpc) is 3.58. The van der Waals surface area contributed by atoms with Crippen LogP contribution in [0.2, 0.25) is 0 Å². The molecule has 0 bridgehead atoms. The van der Waals surface area contributed by atoms with Crippen molar-refractivity contribution >= 4 is 5.91 Å². The normalized spacial score (nSPS) is 28.5. The van der Waals surface area contributed by atoms with Gasteiger partial charge in [0, 0.05) is 14.8 Å². The van der Waals surface area contributed by atoms with E-state index in [1.165, 1.54) is 76.4 Å². The predicted molar refractivity (Wildman–Crippen MR) is 117 cm³/mol. The van der Waals surface area contributed by atoms with E-state index in [0.717, 1.165) is 25.3 Å². The Labute approximate surface area is 173 Å². The Balaban J connectivity index is 0.00000128. The first-order chi connectivity index (χ1) is 13.8. The van der Waals surface area contributed by atoms with Gasteiger partial charge in [-0.1, -0.05) is 49.9 Å². The Bertz CT molecular complexity index is 705. The Morgan fingerprint density at radius 2 is 1.64 bits per heavy atom. The van der Waals surface area contributed by atoms with Crippen molar-refractivity contribution in [1.82, 2.24) is 10.2 Å². The Kier molecular flexibility index (Phi) is 5.21. The van der Waals surface area contributed by atoms with Gasteiger partial charge in [-0.3, -0.25) is 4.79 Å². The van der Waals surface area contributed by atoms with Crippen LogP contribution in [0.25, 0.3) is 0 Å². The van der Waals surface area contributed by atoms with Gasteiger partial charge in [-0.2, -0.15) is 0 Å². The number of likely N-dealkylation sites (tertiary alicyclic amines) is 1. The van der Waals surface area contributed by atoms with Crippen LogP contribution in [0.15, 0.2) is 24.3 Å². The number of amides is 1. The molecule has 1 atom stereocenters. The van der Waals surface area contributed by atoms with Crippen molar-refractivity contribution < 1.29 is 7.65 Å². The van der Waals surface area contributed by atoms with Gasteiger partial charge in [-0.15, -0.1) is 0 Å². The molecule has 1 N–H and O–H groups in total. The van der Waals surface area contributed by atoms with Crippen LogP contribution < -0.4 is 5.32 Å². The van der Waals surface area contributed by atoms with Gasteiger partial charge in [0.2, 0.25) is 5.91 Å². The Morgan fingerprint density at radius 3 is 2.36 bits per heavy atom. The number of nitrogens with one attached hydrogen (secondary N) is 1. The molecule has 3 aliphatic carbocycles. The number of carbonyl (C=O) groups is 1. The molecule has 1 aromatic rings. The molecule has 0 radical (unpaired) electrons. The van der Waals surface area contributed by atoms with E-state index in [4.69, 9.17) is 0 Å². The zero-order valence-electron chi connectivity index (χ0n) is 17.3. The highest BCUT2D eigenvalue weighted by Gasteiger charge is 2.43. The summed E-state index contributed by atoms with van der Waals surface area (Å²) in [5, 5.41) is 3.38. The topological polar surface area (TPSA) is 32.3 Å². The second-order valence-corrected chi connectivity index (χ2v) is 9.92. The first kappa shape index (κ1) is 18.7. The quantitative estimate of drug-likeness (QED) is 0.688. The fourth-order valence-corrected chi connectivity index (χ4v) is 6.24. The molecule has 3 heteroatoms. The van der Waals surface area contributed by atoms with Crippen LogP contribution >= 0.6 is 0 Å². The molecule has 1 aromatic carbocycles. The average molecular weight is 385 g/mol. The number of fused-ring (bicyclic) bond motifs is 2. The van der Waals surface area contributed by atoms with E-state index in [1.54, 1.807) is 5.56 Å². The summed E-state index contributed by atoms with van der Waals surface area (Å²) < 4.78 is 0. The molecular weight excluding hydrogens is 344 g/mol. The molecule has 2 saturated carbocycles. The molecule has 4 aliphatic rings. The summed E-state index contributed by atoms with van der Waals surface area (Å²) in [7, 11) is 0. The summed E-state index contributed by atoms with van der Waals surface area (Å²) in [6, 6.07) is 10.1. The van der Waals surface area contributed by atoms with Gasteiger partial charge in [0.25, 0.3) is 0 Å². The second-order valence-electron chi connectivity index (χ2n) is 9.92. The van der Waals surface area contributed by atoms with E-state index >= 15 is 0 Å². The van der Waals surface area contributed by atoms with Gasteiger partial charge in [0.1, 0.15) is 0 Å². The van der Waals surface area contributed by atoms with E-state index in [0.29, 0.717) is 17.2 Å². The summed E-state index contributed by atoms with van der Waals surface area (Å²) >= 11 is 0. The molecule has 3 fully saturated rings. The largest absolute Gasteiger partial charge is 0.349 e. The van der Waals surface area contributed by atoms with Crippen LogP contribution in [-0.2, 0) is 10.2 Å². The third kappa shape index (κ3) is 3.63. The molecule has 0 unspecified atom stereocenters. The molecule has 28 heavy (non-hydrogen) atoms. The number of carbonyl (C=O) groups excluding carboxylic acids is 1. The van der Waals surface area contributed by atoms with Crippen molar-refractivity contribution in [3.63, 3.8) is 0 Å². The zero-order valence-corrected chi connectivity index (χ0v) is 17.3. The van der Waals surface area contributed by atoms with Gasteiger partial charge in [0.05, 0.1) is 6.04 Å². The molecule has 1 amide bonds. The molecule has 3 nitrogen and oxygen atoms in total. The standard InChI is InChI=1S/C25H36N2O.2H2/c28-24(19-11-12-19)26-23-13-14-25(22-10-6-5-9-21(22)23)15-17-27(18-16-25)20-7-3-1-2-4-8-20;;/h5-6,9-10,19-20,23H,1-4,7-8,11-18H2,(H,26,28);2*1H/t23-;;/m0../s1. The van der Waals surface area contributed by atoms with E-state index in [2.05, 4.69) is 34.5 Å². The van der Waals surface area contributed by atoms with E-state index in [9.17, 15) is 4.79 Å². The number of rotatable bonds is 3. The van der Waals surface area contributed by atoms with Crippen LogP contribution in [0.1, 0.15) is 97.1 Å². The Hall–Kier alpha value is -1.35. The number of benzene rings is 1. The van der Waals surface area contributed by atoms with Crippen LogP contribution in [-0.4, -0.2) is 29.9 Å². The molecule has 1 spiro atoms. The van der Waals surface area contributed by atoms with Crippen LogP contribution in [0, 0.1) is 5.92 Å². The lowest BCUT2D eigenvalue weighted by molar-refractivity contribution is -0.123. The molecule has 1 aliphatic heterocycles. The third-order valence-electron chi connectivity index (χ3n) is 8.18. The molecule has 1 heterocycles. The van der Waals surface area contributed by atoms with Crippen LogP contribution in [0.3, 0.4) is 0 Å². The minimum absolute atomic E-state index is 0. The summed E-state index contributed by atoms with van der Waals surface area (Å²) in [4.78, 5) is 15.2. The van der Waals surface area contributed by atoms with Gasteiger partial charge in [0.15, 0.2) is 0 Å². The van der Waals surface area contributed by atoms with Crippen molar-refractivity contribution in [2.75, 3.05) is 13.1 Å². The van der Waals surface area contributed by atoms with E-state index < -0.39 is 0 Å². The van der Waals surface area contributed by atoms with E-state index in [1.807, 2.05) is 0 Å². The van der Waals surface area contributed by atoms with E-state index in [-0.39, 0.29) is 8.90 Å². The van der Waals surface area contributed by atoms with Crippen molar-refractivity contribution in [3.8, 4) is 0 Å². The van der Waals surface area contributed by atoms with Gasteiger partial charge < -0.3 is 10.2 Å². The maximum atomic E-state index is 12.4. The Morgan fingerprint density at radius 1 is 0.929 bits per heavy atom. The minimum atomic E-state index is 0. The summed E-state index contributed by atoms with van der Waals surface area (Å²) in [6.45, 7) is 2.52. The van der Waals surface area contributed by atoms with Crippen molar-refractivity contribution in [1.29, 1.82) is 0 Å². The monoisotopic (exact) mass is 384 g/mol. The van der Waals surface area contributed by atoms with Gasteiger partial charge in [-0.05, 0) is 81.0 Å². The summed E-state index contributed by atoms with van der Waals surface area (Å²) in [5.74, 6) is 0.588. The lowest BCUT2D eigenvalue weighted by Gasteiger charge is -2.49. The predicted octanol–water partition coefficient (Wildman–Crippen LogP) is 5.60. The first-order valence-electron chi connectivity index (χ1n) is 11.9. The minimum Gasteiger partial charge on any atom is -0.349 e. The molecule has 0 aromatic heterocycles.